The molecule has 0 aliphatic rings. The first kappa shape index (κ1) is 21.2. The Labute approximate surface area is 169 Å². The third-order valence-electron chi connectivity index (χ3n) is 3.67. The topological polar surface area (TPSA) is 123 Å². The molecule has 0 fully saturated rings. The van der Waals surface area contributed by atoms with Gasteiger partial charge in [0, 0.05) is 16.1 Å². The van der Waals surface area contributed by atoms with Gasteiger partial charge in [-0.15, -0.1) is 0 Å². The number of nitro groups is 1. The Balaban J connectivity index is 2.02. The molecular formula is C18H18BrN3O6. The van der Waals surface area contributed by atoms with E-state index < -0.39 is 22.3 Å². The van der Waals surface area contributed by atoms with Crippen LogP contribution in [0, 0.1) is 24.0 Å². The van der Waals surface area contributed by atoms with Gasteiger partial charge in [0.2, 0.25) is 5.75 Å². The molecule has 9 nitrogen and oxygen atoms in total. The average Bonchev–Trinajstić information content (AvgIpc) is 2.61. The minimum atomic E-state index is -0.746. The van der Waals surface area contributed by atoms with Gasteiger partial charge in [-0.25, -0.2) is 5.43 Å². The maximum absolute atomic E-state index is 11.9. The lowest BCUT2D eigenvalue weighted by atomic mass is 10.1. The number of benzene rings is 2. The van der Waals surface area contributed by atoms with Gasteiger partial charge in [0.1, 0.15) is 5.75 Å². The number of aromatic hydroxyl groups is 1. The summed E-state index contributed by atoms with van der Waals surface area (Å²) in [5.41, 5.74) is 3.77. The molecule has 10 heteroatoms. The van der Waals surface area contributed by atoms with Crippen LogP contribution < -0.4 is 14.9 Å². The molecule has 0 aliphatic carbocycles. The number of carbonyl (C=O) groups is 1. The van der Waals surface area contributed by atoms with E-state index in [0.29, 0.717) is 5.75 Å². The summed E-state index contributed by atoms with van der Waals surface area (Å²) in [6.45, 7) is 3.49. The van der Waals surface area contributed by atoms with Crippen LogP contribution in [-0.2, 0) is 4.79 Å². The van der Waals surface area contributed by atoms with E-state index in [0.717, 1.165) is 21.7 Å². The van der Waals surface area contributed by atoms with E-state index in [4.69, 9.17) is 9.47 Å². The molecule has 2 aromatic rings. The van der Waals surface area contributed by atoms with Gasteiger partial charge in [0.05, 0.1) is 18.2 Å². The predicted octanol–water partition coefficient (Wildman–Crippen LogP) is 3.22. The number of aryl methyl sites for hydroxylation is 2. The minimum Gasteiger partial charge on any atom is -0.500 e. The van der Waals surface area contributed by atoms with Gasteiger partial charge >= 0.3 is 5.69 Å². The summed E-state index contributed by atoms with van der Waals surface area (Å²) in [6.07, 6.45) is 1.20. The second-order valence-corrected chi connectivity index (χ2v) is 6.71. The molecule has 1 amide bonds. The number of methoxy groups -OCH3 is 1. The second-order valence-electron chi connectivity index (χ2n) is 5.80. The van der Waals surface area contributed by atoms with Gasteiger partial charge < -0.3 is 14.6 Å². The van der Waals surface area contributed by atoms with Crippen molar-refractivity contribution in [2.45, 2.75) is 13.8 Å². The van der Waals surface area contributed by atoms with Crippen LogP contribution in [0.2, 0.25) is 0 Å². The van der Waals surface area contributed by atoms with Crippen LogP contribution >= 0.6 is 15.9 Å². The average molecular weight is 452 g/mol. The minimum absolute atomic E-state index is 0.0773. The molecule has 0 radical (unpaired) electrons. The Bertz CT molecular complexity index is 922. The third kappa shape index (κ3) is 5.19. The van der Waals surface area contributed by atoms with Crippen molar-refractivity contribution in [3.63, 3.8) is 0 Å². The van der Waals surface area contributed by atoms with Crippen LogP contribution in [0.25, 0.3) is 0 Å². The molecule has 2 rings (SSSR count). The number of carbonyl (C=O) groups excluding carboxylic acids is 1. The summed E-state index contributed by atoms with van der Waals surface area (Å²) in [4.78, 5) is 22.1. The lowest BCUT2D eigenvalue weighted by molar-refractivity contribution is -0.386. The van der Waals surface area contributed by atoms with E-state index in [-0.39, 0.29) is 17.9 Å². The van der Waals surface area contributed by atoms with Crippen molar-refractivity contribution < 1.29 is 24.3 Å². The van der Waals surface area contributed by atoms with Crippen molar-refractivity contribution in [3.05, 3.63) is 55.5 Å². The molecule has 0 unspecified atom stereocenters. The lowest BCUT2D eigenvalue weighted by Gasteiger charge is -2.11. The Morgan fingerprint density at radius 2 is 1.96 bits per heavy atom. The predicted molar refractivity (Wildman–Crippen MR) is 106 cm³/mol. The van der Waals surface area contributed by atoms with Crippen LogP contribution in [0.4, 0.5) is 5.69 Å². The van der Waals surface area contributed by atoms with Crippen LogP contribution in [0.5, 0.6) is 17.2 Å². The first-order valence-electron chi connectivity index (χ1n) is 7.99. The van der Waals surface area contributed by atoms with Gasteiger partial charge in [-0.1, -0.05) is 15.9 Å². The van der Waals surface area contributed by atoms with Gasteiger partial charge in [-0.05, 0) is 43.2 Å². The summed E-state index contributed by atoms with van der Waals surface area (Å²) in [5.74, 6) is -0.548. The van der Waals surface area contributed by atoms with Crippen molar-refractivity contribution in [1.82, 2.24) is 5.43 Å². The molecule has 0 aliphatic heterocycles. The van der Waals surface area contributed by atoms with Crippen molar-refractivity contribution >= 4 is 33.7 Å². The molecule has 28 heavy (non-hydrogen) atoms. The summed E-state index contributed by atoms with van der Waals surface area (Å²) < 4.78 is 11.4. The molecule has 0 aromatic heterocycles. The number of phenolic OH excluding ortho intramolecular Hbond substituents is 1. The SMILES string of the molecule is COc1cc(/C=N/NC(=O)COc2c(C)cc(Br)cc2C)cc([N+](=O)[O-])c1O. The number of nitrogens with zero attached hydrogens (tertiary/aromatic N) is 2. The number of nitrogens with one attached hydrogen (secondary N) is 1. The summed E-state index contributed by atoms with van der Waals surface area (Å²) >= 11 is 3.39. The molecular weight excluding hydrogens is 434 g/mol. The zero-order valence-electron chi connectivity index (χ0n) is 15.4. The molecule has 0 spiro atoms. The van der Waals surface area contributed by atoms with Crippen LogP contribution in [0.1, 0.15) is 16.7 Å². The van der Waals surface area contributed by atoms with E-state index >= 15 is 0 Å². The summed E-state index contributed by atoms with van der Waals surface area (Å²) in [6, 6.07) is 6.22. The van der Waals surface area contributed by atoms with Crippen molar-refractivity contribution in [2.75, 3.05) is 13.7 Å². The number of hydrogen-bond acceptors (Lipinski definition) is 7. The first-order valence-corrected chi connectivity index (χ1v) is 8.79. The van der Waals surface area contributed by atoms with Crippen molar-refractivity contribution in [1.29, 1.82) is 0 Å². The molecule has 0 saturated carbocycles. The van der Waals surface area contributed by atoms with Gasteiger partial charge in [-0.3, -0.25) is 14.9 Å². The quantitative estimate of drug-likeness (QED) is 0.378. The van der Waals surface area contributed by atoms with E-state index in [9.17, 15) is 20.0 Å². The number of amides is 1. The molecule has 0 atom stereocenters. The highest BCUT2D eigenvalue weighted by atomic mass is 79.9. The zero-order valence-corrected chi connectivity index (χ0v) is 16.9. The second kappa shape index (κ2) is 9.18. The Morgan fingerprint density at radius 1 is 1.32 bits per heavy atom. The molecule has 2 aromatic carbocycles. The van der Waals surface area contributed by atoms with Gasteiger partial charge in [0.25, 0.3) is 5.91 Å². The fourth-order valence-electron chi connectivity index (χ4n) is 2.46. The highest BCUT2D eigenvalue weighted by molar-refractivity contribution is 9.10. The van der Waals surface area contributed by atoms with Crippen LogP contribution in [0.3, 0.4) is 0 Å². The number of nitro benzene ring substituents is 1. The monoisotopic (exact) mass is 451 g/mol. The highest BCUT2D eigenvalue weighted by Gasteiger charge is 2.19. The lowest BCUT2D eigenvalue weighted by Crippen LogP contribution is -2.25. The molecule has 0 heterocycles. The maximum atomic E-state index is 11.9. The summed E-state index contributed by atoms with van der Waals surface area (Å²) in [7, 11) is 1.27. The highest BCUT2D eigenvalue weighted by Crippen LogP contribution is 2.36. The van der Waals surface area contributed by atoms with Crippen molar-refractivity contribution in [3.8, 4) is 17.2 Å². The van der Waals surface area contributed by atoms with Crippen LogP contribution in [-0.4, -0.2) is 35.9 Å². The number of ether oxygens (including phenoxy) is 2. The van der Waals surface area contributed by atoms with Crippen molar-refractivity contribution in [2.24, 2.45) is 5.10 Å². The van der Waals surface area contributed by atoms with Crippen LogP contribution in [0.15, 0.2) is 33.8 Å². The van der Waals surface area contributed by atoms with Gasteiger partial charge in [0.15, 0.2) is 12.4 Å². The molecule has 2 N–H and O–H groups in total. The zero-order chi connectivity index (χ0) is 20.8. The standard InChI is InChI=1S/C18H18BrN3O6/c1-10-4-13(19)5-11(2)18(10)28-9-16(23)21-20-8-12-6-14(22(25)26)17(24)15(7-12)27-3/h4-8,24H,9H2,1-3H3,(H,21,23)/b20-8+. The first-order chi connectivity index (χ1) is 13.2. The Morgan fingerprint density at radius 3 is 2.54 bits per heavy atom. The largest absolute Gasteiger partial charge is 0.500 e. The third-order valence-corrected chi connectivity index (χ3v) is 4.13. The number of rotatable bonds is 7. The number of halogens is 1. The summed E-state index contributed by atoms with van der Waals surface area (Å²) in [5, 5.41) is 24.5. The number of phenols is 1. The normalized spacial score (nSPS) is 10.7. The molecule has 0 bridgehead atoms. The van der Waals surface area contributed by atoms with E-state index in [1.54, 1.807) is 0 Å². The fraction of sp³-hybridized carbons (Fsp3) is 0.222. The maximum Gasteiger partial charge on any atom is 0.315 e. The molecule has 148 valence electrons. The Kier molecular flexibility index (Phi) is 6.94. The number of hydrazone groups is 1. The Hall–Kier alpha value is -3.14. The number of hydrogen-bond donors (Lipinski definition) is 2. The smallest absolute Gasteiger partial charge is 0.315 e. The van der Waals surface area contributed by atoms with E-state index in [2.05, 4.69) is 26.5 Å². The fourth-order valence-corrected chi connectivity index (χ4v) is 3.14. The van der Waals surface area contributed by atoms with E-state index in [1.807, 2.05) is 26.0 Å². The van der Waals surface area contributed by atoms with E-state index in [1.165, 1.54) is 19.4 Å². The van der Waals surface area contributed by atoms with Gasteiger partial charge in [-0.2, -0.15) is 5.10 Å². The molecule has 0 saturated heterocycles.